The Morgan fingerprint density at radius 2 is 2.10 bits per heavy atom. The first-order valence-electron chi connectivity index (χ1n) is 8.05. The van der Waals surface area contributed by atoms with Gasteiger partial charge in [0.2, 0.25) is 11.8 Å². The molecule has 0 amide bonds. The molecule has 5 heteroatoms. The molecule has 1 aromatic heterocycles. The predicted molar refractivity (Wildman–Crippen MR) is 81.2 cm³/mol. The topological polar surface area (TPSA) is 70.3 Å². The SMILES string of the molecule is C[C@H]1CC[C@H](c2cnc(N)nc2OC[C@@H]2CCOC2)CC1. The molecule has 0 unspecified atom stereocenters. The van der Waals surface area contributed by atoms with Crippen molar-refractivity contribution in [3.63, 3.8) is 0 Å². The van der Waals surface area contributed by atoms with E-state index in [9.17, 15) is 0 Å². The van der Waals surface area contributed by atoms with Gasteiger partial charge in [-0.3, -0.25) is 0 Å². The Balaban J connectivity index is 1.69. The predicted octanol–water partition coefficient (Wildman–Crippen LogP) is 2.77. The summed E-state index contributed by atoms with van der Waals surface area (Å²) in [5.74, 6) is 2.79. The van der Waals surface area contributed by atoms with Crippen LogP contribution in [-0.4, -0.2) is 29.8 Å². The molecule has 1 atom stereocenters. The minimum absolute atomic E-state index is 0.292. The largest absolute Gasteiger partial charge is 0.477 e. The number of ether oxygens (including phenoxy) is 2. The fourth-order valence-electron chi connectivity index (χ4n) is 3.27. The van der Waals surface area contributed by atoms with Gasteiger partial charge >= 0.3 is 0 Å². The van der Waals surface area contributed by atoms with E-state index in [0.29, 0.717) is 30.3 Å². The molecule has 1 saturated heterocycles. The Hall–Kier alpha value is -1.36. The molecule has 1 aliphatic carbocycles. The monoisotopic (exact) mass is 291 g/mol. The van der Waals surface area contributed by atoms with E-state index in [1.165, 1.54) is 25.7 Å². The van der Waals surface area contributed by atoms with Gasteiger partial charge in [0.25, 0.3) is 0 Å². The van der Waals surface area contributed by atoms with Crippen LogP contribution in [0, 0.1) is 11.8 Å². The average molecular weight is 291 g/mol. The van der Waals surface area contributed by atoms with E-state index in [4.69, 9.17) is 15.2 Å². The lowest BCUT2D eigenvalue weighted by Gasteiger charge is -2.27. The van der Waals surface area contributed by atoms with E-state index in [-0.39, 0.29) is 0 Å². The zero-order chi connectivity index (χ0) is 14.7. The molecule has 116 valence electrons. The van der Waals surface area contributed by atoms with Gasteiger partial charge in [-0.15, -0.1) is 0 Å². The highest BCUT2D eigenvalue weighted by atomic mass is 16.5. The van der Waals surface area contributed by atoms with Crippen molar-refractivity contribution in [3.8, 4) is 5.88 Å². The molecule has 5 nitrogen and oxygen atoms in total. The Bertz CT molecular complexity index is 467. The van der Waals surface area contributed by atoms with Crippen LogP contribution in [0.15, 0.2) is 6.20 Å². The van der Waals surface area contributed by atoms with Gasteiger partial charge in [0, 0.05) is 24.3 Å². The number of nitrogens with zero attached hydrogens (tertiary/aromatic N) is 2. The molecule has 0 spiro atoms. The summed E-state index contributed by atoms with van der Waals surface area (Å²) in [6, 6.07) is 0. The molecule has 0 bridgehead atoms. The van der Waals surface area contributed by atoms with Crippen molar-refractivity contribution in [2.45, 2.75) is 44.9 Å². The highest BCUT2D eigenvalue weighted by Gasteiger charge is 2.25. The summed E-state index contributed by atoms with van der Waals surface area (Å²) in [6.07, 6.45) is 7.85. The maximum Gasteiger partial charge on any atom is 0.223 e. The molecule has 2 aliphatic rings. The van der Waals surface area contributed by atoms with Crippen LogP contribution < -0.4 is 10.5 Å². The number of aromatic nitrogens is 2. The standard InChI is InChI=1S/C16H25N3O2/c1-11-2-4-13(5-3-11)14-8-18-16(17)19-15(14)21-10-12-6-7-20-9-12/h8,11-13H,2-7,9-10H2,1H3,(H2,17,18,19)/t11-,12-,13-/m1/s1. The normalized spacial score (nSPS) is 29.5. The second-order valence-electron chi connectivity index (χ2n) is 6.49. The maximum absolute atomic E-state index is 5.97. The zero-order valence-electron chi connectivity index (χ0n) is 12.8. The first-order chi connectivity index (χ1) is 10.2. The summed E-state index contributed by atoms with van der Waals surface area (Å²) in [5.41, 5.74) is 6.87. The van der Waals surface area contributed by atoms with Crippen molar-refractivity contribution >= 4 is 5.95 Å². The van der Waals surface area contributed by atoms with E-state index in [0.717, 1.165) is 31.1 Å². The molecule has 0 aromatic carbocycles. The maximum atomic E-state index is 5.97. The Morgan fingerprint density at radius 1 is 1.29 bits per heavy atom. The summed E-state index contributed by atoms with van der Waals surface area (Å²) in [4.78, 5) is 8.51. The van der Waals surface area contributed by atoms with E-state index in [1.54, 1.807) is 0 Å². The lowest BCUT2D eigenvalue weighted by molar-refractivity contribution is 0.164. The van der Waals surface area contributed by atoms with Gasteiger partial charge in [0.15, 0.2) is 0 Å². The third-order valence-corrected chi connectivity index (χ3v) is 4.73. The fraction of sp³-hybridized carbons (Fsp3) is 0.750. The smallest absolute Gasteiger partial charge is 0.223 e. The molecule has 3 rings (SSSR count). The third kappa shape index (κ3) is 3.64. The third-order valence-electron chi connectivity index (χ3n) is 4.73. The van der Waals surface area contributed by atoms with Gasteiger partial charge in [-0.1, -0.05) is 19.8 Å². The first kappa shape index (κ1) is 14.6. The minimum atomic E-state index is 0.292. The number of hydrogen-bond acceptors (Lipinski definition) is 5. The number of rotatable bonds is 4. The summed E-state index contributed by atoms with van der Waals surface area (Å²) < 4.78 is 11.4. The Kier molecular flexibility index (Phi) is 4.58. The van der Waals surface area contributed by atoms with Crippen LogP contribution in [-0.2, 0) is 4.74 Å². The van der Waals surface area contributed by atoms with Crippen LogP contribution >= 0.6 is 0 Å². The number of anilines is 1. The van der Waals surface area contributed by atoms with Gasteiger partial charge in [-0.05, 0) is 31.1 Å². The van der Waals surface area contributed by atoms with E-state index in [1.807, 2.05) is 6.20 Å². The number of nitrogen functional groups attached to an aromatic ring is 1. The second kappa shape index (κ2) is 6.60. The van der Waals surface area contributed by atoms with Crippen molar-refractivity contribution in [1.29, 1.82) is 0 Å². The van der Waals surface area contributed by atoms with Gasteiger partial charge in [0.05, 0.1) is 13.2 Å². The van der Waals surface area contributed by atoms with Crippen LogP contribution in [0.25, 0.3) is 0 Å². The molecular weight excluding hydrogens is 266 g/mol. The Morgan fingerprint density at radius 3 is 2.81 bits per heavy atom. The number of nitrogens with two attached hydrogens (primary N) is 1. The molecular formula is C16H25N3O2. The molecule has 2 heterocycles. The van der Waals surface area contributed by atoms with Crippen LogP contribution in [0.2, 0.25) is 0 Å². The molecule has 2 fully saturated rings. The van der Waals surface area contributed by atoms with Crippen LogP contribution in [0.1, 0.15) is 50.5 Å². The van der Waals surface area contributed by atoms with Crippen LogP contribution in [0.5, 0.6) is 5.88 Å². The fourth-order valence-corrected chi connectivity index (χ4v) is 3.27. The second-order valence-corrected chi connectivity index (χ2v) is 6.49. The highest BCUT2D eigenvalue weighted by Crippen LogP contribution is 2.38. The quantitative estimate of drug-likeness (QED) is 0.923. The zero-order valence-corrected chi connectivity index (χ0v) is 12.8. The first-order valence-corrected chi connectivity index (χ1v) is 8.05. The molecule has 2 N–H and O–H groups in total. The Labute approximate surface area is 126 Å². The van der Waals surface area contributed by atoms with E-state index >= 15 is 0 Å². The lowest BCUT2D eigenvalue weighted by atomic mass is 9.80. The molecule has 21 heavy (non-hydrogen) atoms. The highest BCUT2D eigenvalue weighted by molar-refractivity contribution is 5.33. The van der Waals surface area contributed by atoms with Crippen molar-refractivity contribution in [2.75, 3.05) is 25.6 Å². The van der Waals surface area contributed by atoms with Gasteiger partial charge in [-0.2, -0.15) is 4.98 Å². The number of hydrogen-bond donors (Lipinski definition) is 1. The summed E-state index contributed by atoms with van der Waals surface area (Å²) in [7, 11) is 0. The van der Waals surface area contributed by atoms with E-state index in [2.05, 4.69) is 16.9 Å². The van der Waals surface area contributed by atoms with E-state index < -0.39 is 0 Å². The van der Waals surface area contributed by atoms with Gasteiger partial charge < -0.3 is 15.2 Å². The molecule has 0 radical (unpaired) electrons. The molecule has 1 aromatic rings. The van der Waals surface area contributed by atoms with Crippen molar-refractivity contribution in [2.24, 2.45) is 11.8 Å². The minimum Gasteiger partial charge on any atom is -0.477 e. The average Bonchev–Trinajstić information content (AvgIpc) is 3.00. The lowest BCUT2D eigenvalue weighted by Crippen LogP contribution is -2.17. The molecule has 1 saturated carbocycles. The van der Waals surface area contributed by atoms with Crippen molar-refractivity contribution in [1.82, 2.24) is 9.97 Å². The van der Waals surface area contributed by atoms with Gasteiger partial charge in [-0.25, -0.2) is 4.98 Å². The summed E-state index contributed by atoms with van der Waals surface area (Å²) >= 11 is 0. The van der Waals surface area contributed by atoms with Crippen LogP contribution in [0.3, 0.4) is 0 Å². The van der Waals surface area contributed by atoms with Crippen molar-refractivity contribution in [3.05, 3.63) is 11.8 Å². The van der Waals surface area contributed by atoms with Crippen molar-refractivity contribution < 1.29 is 9.47 Å². The summed E-state index contributed by atoms with van der Waals surface area (Å²) in [5, 5.41) is 0. The van der Waals surface area contributed by atoms with Crippen LogP contribution in [0.4, 0.5) is 5.95 Å². The van der Waals surface area contributed by atoms with Gasteiger partial charge in [0.1, 0.15) is 0 Å². The summed E-state index contributed by atoms with van der Waals surface area (Å²) in [6.45, 7) is 4.62. The molecule has 1 aliphatic heterocycles.